The lowest BCUT2D eigenvalue weighted by Gasteiger charge is -2.24. The predicted octanol–water partition coefficient (Wildman–Crippen LogP) is 4.57. The average molecular weight is 468 g/mol. The number of rotatable bonds is 7. The molecule has 1 N–H and O–H groups in total. The maximum absolute atomic E-state index is 14.6. The van der Waals surface area contributed by atoms with E-state index in [9.17, 15) is 17.6 Å². The SMILES string of the molecule is Cc1ccc(S(=O)(=O)N(CC(=O)Nc2ccc(N3CCCC3)cc2)c2ccccc2F)cc1. The number of halogens is 1. The summed E-state index contributed by atoms with van der Waals surface area (Å²) in [7, 11) is -4.17. The highest BCUT2D eigenvalue weighted by molar-refractivity contribution is 7.92. The summed E-state index contributed by atoms with van der Waals surface area (Å²) >= 11 is 0. The summed E-state index contributed by atoms with van der Waals surface area (Å²) in [6.45, 7) is 3.30. The van der Waals surface area contributed by atoms with Gasteiger partial charge in [-0.2, -0.15) is 0 Å². The molecule has 0 unspecified atom stereocenters. The molecule has 1 aliphatic heterocycles. The third-order valence-corrected chi connectivity index (χ3v) is 7.41. The minimum absolute atomic E-state index is 0.0147. The molecule has 0 aliphatic carbocycles. The van der Waals surface area contributed by atoms with Crippen LogP contribution in [0.1, 0.15) is 18.4 Å². The molecule has 172 valence electrons. The van der Waals surface area contributed by atoms with Crippen LogP contribution in [-0.4, -0.2) is 34.0 Å². The number of anilines is 3. The molecule has 33 heavy (non-hydrogen) atoms. The number of sulfonamides is 1. The van der Waals surface area contributed by atoms with Crippen LogP contribution in [0.15, 0.2) is 77.7 Å². The van der Waals surface area contributed by atoms with E-state index in [0.717, 1.165) is 28.6 Å². The molecule has 4 rings (SSSR count). The molecule has 0 spiro atoms. The molecular formula is C25H26FN3O3S. The smallest absolute Gasteiger partial charge is 0.264 e. The maximum atomic E-state index is 14.6. The molecule has 3 aromatic carbocycles. The molecule has 1 aliphatic rings. The fourth-order valence-electron chi connectivity index (χ4n) is 3.85. The van der Waals surface area contributed by atoms with E-state index in [1.807, 2.05) is 19.1 Å². The number of nitrogens with one attached hydrogen (secondary N) is 1. The summed E-state index contributed by atoms with van der Waals surface area (Å²) in [5, 5.41) is 2.73. The van der Waals surface area contributed by atoms with Crippen molar-refractivity contribution in [1.29, 1.82) is 0 Å². The summed E-state index contributed by atoms with van der Waals surface area (Å²) < 4.78 is 42.1. The lowest BCUT2D eigenvalue weighted by atomic mass is 10.2. The topological polar surface area (TPSA) is 69.7 Å². The van der Waals surface area contributed by atoms with Gasteiger partial charge in [-0.15, -0.1) is 0 Å². The summed E-state index contributed by atoms with van der Waals surface area (Å²) in [5.41, 5.74) is 2.34. The van der Waals surface area contributed by atoms with Crippen LogP contribution >= 0.6 is 0 Å². The first-order valence-electron chi connectivity index (χ1n) is 10.8. The molecule has 8 heteroatoms. The van der Waals surface area contributed by atoms with Crippen molar-refractivity contribution in [2.75, 3.05) is 34.2 Å². The lowest BCUT2D eigenvalue weighted by molar-refractivity contribution is -0.114. The zero-order valence-electron chi connectivity index (χ0n) is 18.4. The van der Waals surface area contributed by atoms with Gasteiger partial charge in [-0.05, 0) is 68.3 Å². The molecule has 1 fully saturated rings. The minimum atomic E-state index is -4.17. The van der Waals surface area contributed by atoms with E-state index < -0.39 is 28.3 Å². The van der Waals surface area contributed by atoms with E-state index in [1.165, 1.54) is 49.2 Å². The molecule has 1 heterocycles. The molecule has 0 atom stereocenters. The van der Waals surface area contributed by atoms with Gasteiger partial charge in [0.1, 0.15) is 12.4 Å². The Morgan fingerprint density at radius 1 is 0.970 bits per heavy atom. The Morgan fingerprint density at radius 2 is 1.61 bits per heavy atom. The van der Waals surface area contributed by atoms with Gasteiger partial charge >= 0.3 is 0 Å². The molecule has 0 saturated carbocycles. The second kappa shape index (κ2) is 9.62. The Morgan fingerprint density at radius 3 is 2.24 bits per heavy atom. The molecule has 1 saturated heterocycles. The quantitative estimate of drug-likeness (QED) is 0.553. The van der Waals surface area contributed by atoms with Gasteiger partial charge in [-0.25, -0.2) is 12.8 Å². The zero-order chi connectivity index (χ0) is 23.4. The van der Waals surface area contributed by atoms with E-state index in [1.54, 1.807) is 24.3 Å². The third kappa shape index (κ3) is 5.17. The van der Waals surface area contributed by atoms with Crippen LogP contribution in [0.2, 0.25) is 0 Å². The summed E-state index contributed by atoms with van der Waals surface area (Å²) in [6, 6.07) is 19.2. The number of para-hydroxylation sites is 1. The second-order valence-corrected chi connectivity index (χ2v) is 9.93. The number of aryl methyl sites for hydroxylation is 1. The van der Waals surface area contributed by atoms with E-state index in [-0.39, 0.29) is 10.6 Å². The second-order valence-electron chi connectivity index (χ2n) is 8.07. The first kappa shape index (κ1) is 22.8. The van der Waals surface area contributed by atoms with Gasteiger partial charge in [0, 0.05) is 24.5 Å². The third-order valence-electron chi connectivity index (χ3n) is 5.64. The van der Waals surface area contributed by atoms with Gasteiger partial charge < -0.3 is 10.2 Å². The van der Waals surface area contributed by atoms with Crippen molar-refractivity contribution >= 4 is 33.0 Å². The van der Waals surface area contributed by atoms with Gasteiger partial charge in [0.25, 0.3) is 10.0 Å². The lowest BCUT2D eigenvalue weighted by Crippen LogP contribution is -2.38. The highest BCUT2D eigenvalue weighted by atomic mass is 32.2. The van der Waals surface area contributed by atoms with Crippen molar-refractivity contribution in [3.63, 3.8) is 0 Å². The first-order chi connectivity index (χ1) is 15.8. The monoisotopic (exact) mass is 467 g/mol. The number of carbonyl (C=O) groups excluding carboxylic acids is 1. The van der Waals surface area contributed by atoms with E-state index in [4.69, 9.17) is 0 Å². The van der Waals surface area contributed by atoms with Crippen LogP contribution in [0, 0.1) is 12.7 Å². The van der Waals surface area contributed by atoms with Gasteiger partial charge in [0.2, 0.25) is 5.91 Å². The van der Waals surface area contributed by atoms with Gasteiger partial charge in [0.05, 0.1) is 10.6 Å². The minimum Gasteiger partial charge on any atom is -0.372 e. The van der Waals surface area contributed by atoms with E-state index >= 15 is 0 Å². The van der Waals surface area contributed by atoms with Crippen molar-refractivity contribution in [3.05, 3.63) is 84.2 Å². The van der Waals surface area contributed by atoms with Gasteiger partial charge in [0.15, 0.2) is 0 Å². The van der Waals surface area contributed by atoms with Crippen LogP contribution in [0.25, 0.3) is 0 Å². The largest absolute Gasteiger partial charge is 0.372 e. The number of benzene rings is 3. The zero-order valence-corrected chi connectivity index (χ0v) is 19.2. The Labute approximate surface area is 193 Å². The van der Waals surface area contributed by atoms with Gasteiger partial charge in [-0.3, -0.25) is 9.10 Å². The highest BCUT2D eigenvalue weighted by Gasteiger charge is 2.29. The van der Waals surface area contributed by atoms with Crippen molar-refractivity contribution in [3.8, 4) is 0 Å². The van der Waals surface area contributed by atoms with E-state index in [2.05, 4.69) is 10.2 Å². The Kier molecular flexibility index (Phi) is 6.65. The fraction of sp³-hybridized carbons (Fsp3) is 0.240. The average Bonchev–Trinajstić information content (AvgIpc) is 3.34. The Hall–Kier alpha value is -3.39. The number of nitrogens with zero attached hydrogens (tertiary/aromatic N) is 2. The van der Waals surface area contributed by atoms with Crippen molar-refractivity contribution < 1.29 is 17.6 Å². The first-order valence-corrected chi connectivity index (χ1v) is 12.3. The van der Waals surface area contributed by atoms with Crippen LogP contribution in [0.3, 0.4) is 0 Å². The maximum Gasteiger partial charge on any atom is 0.264 e. The van der Waals surface area contributed by atoms with Crippen molar-refractivity contribution in [2.24, 2.45) is 0 Å². The van der Waals surface area contributed by atoms with Crippen LogP contribution in [0.5, 0.6) is 0 Å². The molecule has 0 radical (unpaired) electrons. The van der Waals surface area contributed by atoms with Crippen LogP contribution in [-0.2, 0) is 14.8 Å². The molecular weight excluding hydrogens is 441 g/mol. The fourth-order valence-corrected chi connectivity index (χ4v) is 5.28. The molecule has 0 bridgehead atoms. The normalized spacial score (nSPS) is 13.7. The summed E-state index contributed by atoms with van der Waals surface area (Å²) in [6.07, 6.45) is 2.33. The Bertz CT molecular complexity index is 1220. The molecule has 1 amide bonds. The standard InChI is InChI=1S/C25H26FN3O3S/c1-19-8-14-22(15-9-19)33(31,32)29(24-7-3-2-6-23(24)26)18-25(30)27-20-10-12-21(13-11-20)28-16-4-5-17-28/h2-3,6-15H,4-5,16-18H2,1H3,(H,27,30). The molecule has 0 aromatic heterocycles. The van der Waals surface area contributed by atoms with E-state index in [0.29, 0.717) is 5.69 Å². The number of hydrogen-bond acceptors (Lipinski definition) is 4. The van der Waals surface area contributed by atoms with Crippen LogP contribution < -0.4 is 14.5 Å². The molecule has 3 aromatic rings. The number of amides is 1. The number of carbonyl (C=O) groups is 1. The van der Waals surface area contributed by atoms with Gasteiger partial charge in [-0.1, -0.05) is 29.8 Å². The summed E-state index contributed by atoms with van der Waals surface area (Å²) in [4.78, 5) is 15.1. The van der Waals surface area contributed by atoms with Crippen LogP contribution in [0.4, 0.5) is 21.5 Å². The van der Waals surface area contributed by atoms with Crippen molar-refractivity contribution in [1.82, 2.24) is 0 Å². The van der Waals surface area contributed by atoms with Crippen molar-refractivity contribution in [2.45, 2.75) is 24.7 Å². The molecule has 6 nitrogen and oxygen atoms in total. The summed E-state index contributed by atoms with van der Waals surface area (Å²) in [5.74, 6) is -1.29. The highest BCUT2D eigenvalue weighted by Crippen LogP contribution is 2.27. The Balaban J connectivity index is 1.57. The predicted molar refractivity (Wildman–Crippen MR) is 129 cm³/mol. The number of hydrogen-bond donors (Lipinski definition) is 1.